The average molecular weight is 220 g/mol. The first-order valence-corrected chi connectivity index (χ1v) is 5.53. The first kappa shape index (κ1) is 9.85. The van der Waals surface area contributed by atoms with Crippen molar-refractivity contribution in [2.45, 2.75) is 0 Å². The molecule has 2 N–H and O–H groups in total. The van der Waals surface area contributed by atoms with Gasteiger partial charge in [0.25, 0.3) is 0 Å². The molecule has 0 aliphatic carbocycles. The molecule has 1 heterocycles. The van der Waals surface area contributed by atoms with Crippen molar-refractivity contribution in [3.63, 3.8) is 0 Å². The minimum atomic E-state index is 0.788. The predicted octanol–water partition coefficient (Wildman–Crippen LogP) is 3.48. The number of hydrogen-bond donors (Lipinski definition) is 1. The Morgan fingerprint density at radius 1 is 0.765 bits per heavy atom. The third kappa shape index (κ3) is 1.85. The van der Waals surface area contributed by atoms with E-state index in [0.717, 1.165) is 11.1 Å². The van der Waals surface area contributed by atoms with E-state index in [1.165, 1.54) is 16.5 Å². The molecule has 17 heavy (non-hydrogen) atoms. The summed E-state index contributed by atoms with van der Waals surface area (Å²) in [5, 5.41) is 2.36. The highest BCUT2D eigenvalue weighted by atomic mass is 14.6. The number of aromatic nitrogens is 1. The minimum Gasteiger partial charge on any atom is -0.399 e. The molecule has 0 radical (unpaired) electrons. The molecule has 2 aromatic carbocycles. The zero-order valence-corrected chi connectivity index (χ0v) is 9.30. The highest BCUT2D eigenvalue weighted by molar-refractivity contribution is 5.86. The Balaban J connectivity index is 2.14. The third-order valence-corrected chi connectivity index (χ3v) is 2.88. The zero-order chi connectivity index (χ0) is 11.7. The molecule has 2 nitrogen and oxygen atoms in total. The van der Waals surface area contributed by atoms with Crippen LogP contribution in [0.4, 0.5) is 5.69 Å². The first-order valence-electron chi connectivity index (χ1n) is 5.53. The summed E-state index contributed by atoms with van der Waals surface area (Å²) in [6, 6.07) is 16.3. The molecule has 0 bridgehead atoms. The molecule has 0 fully saturated rings. The number of anilines is 1. The smallest absolute Gasteiger partial charge is 0.0346 e. The molecule has 0 aliphatic heterocycles. The van der Waals surface area contributed by atoms with Gasteiger partial charge in [-0.3, -0.25) is 4.98 Å². The number of nitrogen functional groups attached to an aromatic ring is 1. The maximum atomic E-state index is 5.69. The summed E-state index contributed by atoms with van der Waals surface area (Å²) in [6.07, 6.45) is 3.70. The van der Waals surface area contributed by atoms with Crippen LogP contribution in [0.2, 0.25) is 0 Å². The van der Waals surface area contributed by atoms with Crippen LogP contribution in [0.25, 0.3) is 21.9 Å². The molecule has 3 rings (SSSR count). The van der Waals surface area contributed by atoms with Gasteiger partial charge >= 0.3 is 0 Å². The molecule has 2 heteroatoms. The average Bonchev–Trinajstić information content (AvgIpc) is 2.39. The fourth-order valence-corrected chi connectivity index (χ4v) is 1.94. The van der Waals surface area contributed by atoms with Gasteiger partial charge in [-0.05, 0) is 40.8 Å². The number of hydrogen-bond acceptors (Lipinski definition) is 2. The van der Waals surface area contributed by atoms with Gasteiger partial charge in [-0.25, -0.2) is 0 Å². The molecule has 0 saturated heterocycles. The van der Waals surface area contributed by atoms with Crippen molar-refractivity contribution >= 4 is 16.5 Å². The summed E-state index contributed by atoms with van der Waals surface area (Å²) >= 11 is 0. The second-order valence-corrected chi connectivity index (χ2v) is 4.06. The molecule has 3 aromatic rings. The van der Waals surface area contributed by atoms with Gasteiger partial charge in [-0.1, -0.05) is 24.3 Å². The van der Waals surface area contributed by atoms with Crippen molar-refractivity contribution in [2.24, 2.45) is 0 Å². The third-order valence-electron chi connectivity index (χ3n) is 2.88. The van der Waals surface area contributed by atoms with E-state index in [1.807, 2.05) is 42.7 Å². The van der Waals surface area contributed by atoms with Crippen LogP contribution >= 0.6 is 0 Å². The summed E-state index contributed by atoms with van der Waals surface area (Å²) < 4.78 is 0. The highest BCUT2D eigenvalue weighted by Gasteiger charge is 1.99. The summed E-state index contributed by atoms with van der Waals surface area (Å²) in [6.45, 7) is 0. The van der Waals surface area contributed by atoms with Crippen LogP contribution in [0, 0.1) is 0 Å². The van der Waals surface area contributed by atoms with Gasteiger partial charge in [0, 0.05) is 23.5 Å². The quantitative estimate of drug-likeness (QED) is 0.637. The molecule has 0 saturated carbocycles. The Morgan fingerprint density at radius 3 is 2.35 bits per heavy atom. The SMILES string of the molecule is Nc1ccc(-c2ccc3ccncc3c2)cc1. The van der Waals surface area contributed by atoms with Gasteiger partial charge in [0.15, 0.2) is 0 Å². The fourth-order valence-electron chi connectivity index (χ4n) is 1.94. The molecule has 0 aliphatic rings. The minimum absolute atomic E-state index is 0.788. The number of nitrogens with two attached hydrogens (primary N) is 1. The van der Waals surface area contributed by atoms with E-state index in [4.69, 9.17) is 5.73 Å². The maximum Gasteiger partial charge on any atom is 0.0346 e. The largest absolute Gasteiger partial charge is 0.399 e. The topological polar surface area (TPSA) is 38.9 Å². The van der Waals surface area contributed by atoms with Crippen LogP contribution in [0.5, 0.6) is 0 Å². The number of pyridine rings is 1. The fraction of sp³-hybridized carbons (Fsp3) is 0. The summed E-state index contributed by atoms with van der Waals surface area (Å²) in [5.41, 5.74) is 8.83. The molecule has 1 aromatic heterocycles. The van der Waals surface area contributed by atoms with E-state index in [-0.39, 0.29) is 0 Å². The maximum absolute atomic E-state index is 5.69. The van der Waals surface area contributed by atoms with E-state index in [1.54, 1.807) is 0 Å². The lowest BCUT2D eigenvalue weighted by Gasteiger charge is -2.04. The molecular formula is C15H12N2. The zero-order valence-electron chi connectivity index (χ0n) is 9.30. The molecule has 0 spiro atoms. The van der Waals surface area contributed by atoms with E-state index in [9.17, 15) is 0 Å². The molecule has 82 valence electrons. The van der Waals surface area contributed by atoms with Gasteiger partial charge in [-0.15, -0.1) is 0 Å². The van der Waals surface area contributed by atoms with Crippen LogP contribution in [-0.2, 0) is 0 Å². The Hall–Kier alpha value is -2.35. The summed E-state index contributed by atoms with van der Waals surface area (Å²) in [5.74, 6) is 0. The normalized spacial score (nSPS) is 10.6. The summed E-state index contributed by atoms with van der Waals surface area (Å²) in [7, 11) is 0. The second-order valence-electron chi connectivity index (χ2n) is 4.06. The van der Waals surface area contributed by atoms with Gasteiger partial charge in [0.1, 0.15) is 0 Å². The van der Waals surface area contributed by atoms with Gasteiger partial charge in [0.2, 0.25) is 0 Å². The number of benzene rings is 2. The van der Waals surface area contributed by atoms with Crippen LogP contribution in [-0.4, -0.2) is 4.98 Å². The van der Waals surface area contributed by atoms with Crippen molar-refractivity contribution in [2.75, 3.05) is 5.73 Å². The second kappa shape index (κ2) is 3.91. The molecular weight excluding hydrogens is 208 g/mol. The van der Waals surface area contributed by atoms with Gasteiger partial charge in [0.05, 0.1) is 0 Å². The van der Waals surface area contributed by atoms with Crippen LogP contribution in [0.3, 0.4) is 0 Å². The van der Waals surface area contributed by atoms with E-state index in [2.05, 4.69) is 23.2 Å². The van der Waals surface area contributed by atoms with Crippen molar-refractivity contribution in [1.29, 1.82) is 0 Å². The lowest BCUT2D eigenvalue weighted by molar-refractivity contribution is 1.36. The van der Waals surface area contributed by atoms with Gasteiger partial charge < -0.3 is 5.73 Å². The van der Waals surface area contributed by atoms with Crippen molar-refractivity contribution in [1.82, 2.24) is 4.98 Å². The van der Waals surface area contributed by atoms with Crippen LogP contribution in [0.1, 0.15) is 0 Å². The van der Waals surface area contributed by atoms with E-state index < -0.39 is 0 Å². The van der Waals surface area contributed by atoms with E-state index in [0.29, 0.717) is 0 Å². The van der Waals surface area contributed by atoms with Crippen molar-refractivity contribution in [3.05, 3.63) is 60.9 Å². The van der Waals surface area contributed by atoms with Crippen molar-refractivity contribution in [3.8, 4) is 11.1 Å². The summed E-state index contributed by atoms with van der Waals surface area (Å²) in [4.78, 5) is 4.14. The van der Waals surface area contributed by atoms with Crippen LogP contribution < -0.4 is 5.73 Å². The number of nitrogens with zero attached hydrogens (tertiary/aromatic N) is 1. The standard InChI is InChI=1S/C15H12N2/c16-15-5-3-11(4-6-15)13-2-1-12-7-8-17-10-14(12)9-13/h1-10H,16H2. The van der Waals surface area contributed by atoms with Crippen molar-refractivity contribution < 1.29 is 0 Å². The Kier molecular flexibility index (Phi) is 2.26. The first-order chi connectivity index (χ1) is 8.33. The Labute approximate surface area is 99.7 Å². The van der Waals surface area contributed by atoms with E-state index >= 15 is 0 Å². The molecule has 0 atom stereocenters. The highest BCUT2D eigenvalue weighted by Crippen LogP contribution is 2.24. The molecule has 0 unspecified atom stereocenters. The Morgan fingerprint density at radius 2 is 1.53 bits per heavy atom. The van der Waals surface area contributed by atoms with Crippen LogP contribution in [0.15, 0.2) is 60.9 Å². The predicted molar refractivity (Wildman–Crippen MR) is 71.6 cm³/mol. The van der Waals surface area contributed by atoms with Gasteiger partial charge in [-0.2, -0.15) is 0 Å². The Bertz CT molecular complexity index is 657. The number of fused-ring (bicyclic) bond motifs is 1. The molecule has 0 amide bonds. The number of rotatable bonds is 1. The monoisotopic (exact) mass is 220 g/mol. The lowest BCUT2D eigenvalue weighted by Crippen LogP contribution is -1.84. The lowest BCUT2D eigenvalue weighted by atomic mass is 10.0.